The highest BCUT2D eigenvalue weighted by Gasteiger charge is 2.24. The number of aromatic nitrogens is 1. The van der Waals surface area contributed by atoms with Gasteiger partial charge in [-0.15, -0.1) is 0 Å². The van der Waals surface area contributed by atoms with Crippen molar-refractivity contribution in [3.05, 3.63) is 218 Å². The Bertz CT molecular complexity index is 3830. The second-order valence-corrected chi connectivity index (χ2v) is 16.0. The average Bonchev–Trinajstić information content (AvgIpc) is 4.02. The maximum Gasteiger partial charge on any atom is 0.143 e. The molecule has 0 spiro atoms. The van der Waals surface area contributed by atoms with Gasteiger partial charge < -0.3 is 18.3 Å². The molecule has 0 saturated heterocycles. The number of hydrogen-bond acceptors (Lipinski definition) is 3. The minimum absolute atomic E-state index is 0.844. The molecular formula is C58H36N2O2. The molecule has 4 heteroatoms. The summed E-state index contributed by atoms with van der Waals surface area (Å²) >= 11 is 0. The van der Waals surface area contributed by atoms with E-state index in [2.05, 4.69) is 216 Å². The Morgan fingerprint density at radius 2 is 0.952 bits per heavy atom. The average molecular weight is 793 g/mol. The molecule has 0 aliphatic heterocycles. The lowest BCUT2D eigenvalue weighted by Gasteiger charge is -2.28. The number of furan rings is 2. The van der Waals surface area contributed by atoms with E-state index in [0.29, 0.717) is 0 Å². The van der Waals surface area contributed by atoms with Crippen molar-refractivity contribution in [2.24, 2.45) is 0 Å². The summed E-state index contributed by atoms with van der Waals surface area (Å²) in [5, 5.41) is 9.12. The third-order valence-corrected chi connectivity index (χ3v) is 12.6. The topological polar surface area (TPSA) is 34.5 Å². The van der Waals surface area contributed by atoms with Gasteiger partial charge in [-0.3, -0.25) is 0 Å². The van der Waals surface area contributed by atoms with Crippen LogP contribution in [-0.2, 0) is 0 Å². The van der Waals surface area contributed by atoms with Crippen LogP contribution in [0.1, 0.15) is 0 Å². The van der Waals surface area contributed by atoms with Crippen molar-refractivity contribution in [2.75, 3.05) is 4.90 Å². The van der Waals surface area contributed by atoms with Crippen molar-refractivity contribution in [2.45, 2.75) is 0 Å². The first-order valence-corrected chi connectivity index (χ1v) is 21.1. The van der Waals surface area contributed by atoms with Crippen molar-refractivity contribution in [3.63, 3.8) is 0 Å². The monoisotopic (exact) mass is 792 g/mol. The first-order chi connectivity index (χ1) is 30.8. The number of benzene rings is 10. The molecule has 0 unspecified atom stereocenters. The first-order valence-electron chi connectivity index (χ1n) is 21.1. The molecule has 3 heterocycles. The smallest absolute Gasteiger partial charge is 0.143 e. The van der Waals surface area contributed by atoms with E-state index in [0.717, 1.165) is 99.7 Å². The highest BCUT2D eigenvalue weighted by molar-refractivity contribution is 6.20. The van der Waals surface area contributed by atoms with E-state index in [1.54, 1.807) is 0 Å². The van der Waals surface area contributed by atoms with Gasteiger partial charge in [0.15, 0.2) is 0 Å². The van der Waals surface area contributed by atoms with Crippen LogP contribution in [0, 0.1) is 0 Å². The van der Waals surface area contributed by atoms with Gasteiger partial charge in [0, 0.05) is 49.1 Å². The number of hydrogen-bond donors (Lipinski definition) is 0. The molecule has 3 aromatic heterocycles. The molecule has 0 radical (unpaired) electrons. The Morgan fingerprint density at radius 3 is 1.77 bits per heavy atom. The zero-order valence-electron chi connectivity index (χ0n) is 33.5. The minimum atomic E-state index is 0.844. The SMILES string of the molecule is c1ccc(N(c2ccc(-c3ccccc3-n3c4ccccc4c4ccccc43)cc2)c2cccc3oc4c5ccccc5ccc4c23)c(-c2ccc3c(c2)oc2ccccc23)c1. The first kappa shape index (κ1) is 34.5. The van der Waals surface area contributed by atoms with E-state index in [9.17, 15) is 0 Å². The van der Waals surface area contributed by atoms with E-state index < -0.39 is 0 Å². The fourth-order valence-corrected chi connectivity index (χ4v) is 9.82. The highest BCUT2D eigenvalue weighted by atomic mass is 16.3. The van der Waals surface area contributed by atoms with E-state index in [4.69, 9.17) is 8.83 Å². The van der Waals surface area contributed by atoms with Crippen LogP contribution in [0.5, 0.6) is 0 Å². The van der Waals surface area contributed by atoms with Gasteiger partial charge in [-0.2, -0.15) is 0 Å². The lowest BCUT2D eigenvalue weighted by molar-refractivity contribution is 0.669. The van der Waals surface area contributed by atoms with Crippen molar-refractivity contribution < 1.29 is 8.83 Å². The molecule has 0 atom stereocenters. The maximum absolute atomic E-state index is 6.77. The van der Waals surface area contributed by atoms with Crippen LogP contribution >= 0.6 is 0 Å². The fourth-order valence-electron chi connectivity index (χ4n) is 9.82. The highest BCUT2D eigenvalue weighted by Crippen LogP contribution is 2.48. The van der Waals surface area contributed by atoms with Gasteiger partial charge >= 0.3 is 0 Å². The van der Waals surface area contributed by atoms with Gasteiger partial charge in [0.1, 0.15) is 22.3 Å². The molecule has 0 saturated carbocycles. The predicted octanol–water partition coefficient (Wildman–Crippen LogP) is 16.5. The maximum atomic E-state index is 6.77. The van der Waals surface area contributed by atoms with E-state index in [1.165, 1.54) is 21.8 Å². The number of nitrogens with zero attached hydrogens (tertiary/aromatic N) is 2. The summed E-state index contributed by atoms with van der Waals surface area (Å²) in [6, 6.07) is 78.0. The molecule has 10 aromatic carbocycles. The molecule has 13 aromatic rings. The summed E-state index contributed by atoms with van der Waals surface area (Å²) in [4.78, 5) is 2.40. The summed E-state index contributed by atoms with van der Waals surface area (Å²) in [7, 11) is 0. The quantitative estimate of drug-likeness (QED) is 0.168. The summed E-state index contributed by atoms with van der Waals surface area (Å²) in [5.74, 6) is 0. The Kier molecular flexibility index (Phi) is 7.57. The van der Waals surface area contributed by atoms with Gasteiger partial charge in [0.2, 0.25) is 0 Å². The van der Waals surface area contributed by atoms with Crippen LogP contribution in [0.15, 0.2) is 227 Å². The summed E-state index contributed by atoms with van der Waals surface area (Å²) in [6.45, 7) is 0. The largest absolute Gasteiger partial charge is 0.456 e. The zero-order valence-corrected chi connectivity index (χ0v) is 33.5. The molecule has 13 rings (SSSR count). The molecule has 290 valence electrons. The molecule has 0 aliphatic rings. The third kappa shape index (κ3) is 5.20. The predicted molar refractivity (Wildman–Crippen MR) is 258 cm³/mol. The van der Waals surface area contributed by atoms with Gasteiger partial charge in [-0.1, -0.05) is 146 Å². The molecule has 0 aliphatic carbocycles. The number of para-hydroxylation sites is 5. The van der Waals surface area contributed by atoms with Crippen LogP contribution in [0.4, 0.5) is 17.1 Å². The van der Waals surface area contributed by atoms with Crippen molar-refractivity contribution >= 4 is 93.5 Å². The normalized spacial score (nSPS) is 11.9. The minimum Gasteiger partial charge on any atom is -0.456 e. The van der Waals surface area contributed by atoms with E-state index >= 15 is 0 Å². The number of rotatable bonds is 6. The molecule has 62 heavy (non-hydrogen) atoms. The third-order valence-electron chi connectivity index (χ3n) is 12.6. The van der Waals surface area contributed by atoms with Crippen LogP contribution in [0.25, 0.3) is 104 Å². The van der Waals surface area contributed by atoms with Crippen molar-refractivity contribution in [1.82, 2.24) is 4.57 Å². The Morgan fingerprint density at radius 1 is 0.355 bits per heavy atom. The molecular weight excluding hydrogens is 757 g/mol. The molecule has 0 bridgehead atoms. The molecule has 0 fully saturated rings. The van der Waals surface area contributed by atoms with Crippen LogP contribution in [-0.4, -0.2) is 4.57 Å². The lowest BCUT2D eigenvalue weighted by Crippen LogP contribution is -2.11. The molecule has 0 amide bonds. The van der Waals surface area contributed by atoms with Crippen LogP contribution in [0.2, 0.25) is 0 Å². The van der Waals surface area contributed by atoms with Gasteiger partial charge in [-0.25, -0.2) is 0 Å². The Balaban J connectivity index is 1.02. The molecule has 4 nitrogen and oxygen atoms in total. The molecule has 0 N–H and O–H groups in total. The van der Waals surface area contributed by atoms with Gasteiger partial charge in [0.25, 0.3) is 0 Å². The summed E-state index contributed by atoms with van der Waals surface area (Å²) in [5.41, 5.74) is 14.6. The van der Waals surface area contributed by atoms with Gasteiger partial charge in [0.05, 0.1) is 33.5 Å². The van der Waals surface area contributed by atoms with Crippen LogP contribution < -0.4 is 4.90 Å². The van der Waals surface area contributed by atoms with E-state index in [-0.39, 0.29) is 0 Å². The summed E-state index contributed by atoms with van der Waals surface area (Å²) < 4.78 is 15.6. The lowest BCUT2D eigenvalue weighted by atomic mass is 9.98. The Hall–Kier alpha value is -8.34. The van der Waals surface area contributed by atoms with Crippen LogP contribution in [0.3, 0.4) is 0 Å². The van der Waals surface area contributed by atoms with Crippen molar-refractivity contribution in [1.29, 1.82) is 0 Å². The number of fused-ring (bicyclic) bond motifs is 11. The second-order valence-electron chi connectivity index (χ2n) is 16.0. The van der Waals surface area contributed by atoms with E-state index in [1.807, 2.05) is 12.1 Å². The summed E-state index contributed by atoms with van der Waals surface area (Å²) in [6.07, 6.45) is 0. The Labute approximate surface area is 356 Å². The fraction of sp³-hybridized carbons (Fsp3) is 0. The van der Waals surface area contributed by atoms with Crippen molar-refractivity contribution in [3.8, 4) is 27.9 Å². The number of anilines is 3. The van der Waals surface area contributed by atoms with Gasteiger partial charge in [-0.05, 0) is 89.3 Å². The second kappa shape index (κ2) is 13.6. The zero-order chi connectivity index (χ0) is 40.7. The standard InChI is InChI=1S/C58H36N2O2/c1-2-17-43-37(14-1)30-35-48-57-53(25-13-27-55(57)62-58(43)48)59(49-21-8-4-16-42(49)39-31-34-47-46-20-7-12-26-54(46)61-56(47)36-39)40-32-28-38(29-33-40)41-15-3-9-22-50(41)60-51-23-10-5-18-44(51)45-19-6-11-24-52(45)60/h1-36H.